The number of carbonyl (C=O) groups is 2. The first-order chi connectivity index (χ1) is 10.5. The number of hydrogen-bond donors (Lipinski definition) is 1. The summed E-state index contributed by atoms with van der Waals surface area (Å²) in [5, 5.41) is 2.97. The topological polar surface area (TPSA) is 52.7 Å². The van der Waals surface area contributed by atoms with Gasteiger partial charge in [-0.15, -0.1) is 0 Å². The van der Waals surface area contributed by atoms with Crippen LogP contribution in [-0.2, 0) is 16.0 Å². The number of aryl methyl sites for hydroxylation is 1. The normalized spacial score (nSPS) is 18.2. The number of anilines is 1. The predicted molar refractivity (Wildman–Crippen MR) is 87.7 cm³/mol. The smallest absolute Gasteiger partial charge is 0.239 e. The summed E-state index contributed by atoms with van der Waals surface area (Å²) in [5.74, 6) is 0.0265. The van der Waals surface area contributed by atoms with Crippen molar-refractivity contribution in [3.63, 3.8) is 0 Å². The van der Waals surface area contributed by atoms with Gasteiger partial charge in [0.2, 0.25) is 11.8 Å². The van der Waals surface area contributed by atoms with Gasteiger partial charge in [0.1, 0.15) is 0 Å². The molecule has 1 heterocycles. The molecule has 1 aromatic carbocycles. The Morgan fingerprint density at radius 2 is 2.05 bits per heavy atom. The van der Waals surface area contributed by atoms with Gasteiger partial charge in [-0.05, 0) is 37.4 Å². The highest BCUT2D eigenvalue weighted by molar-refractivity contribution is 5.93. The van der Waals surface area contributed by atoms with E-state index in [4.69, 9.17) is 0 Å². The number of hydrogen-bond acceptors (Lipinski definition) is 3. The van der Waals surface area contributed by atoms with Crippen LogP contribution in [0.15, 0.2) is 24.3 Å². The molecule has 1 aliphatic heterocycles. The number of rotatable bonds is 5. The lowest BCUT2D eigenvalue weighted by atomic mass is 10.1. The summed E-state index contributed by atoms with van der Waals surface area (Å²) < 4.78 is 0. The summed E-state index contributed by atoms with van der Waals surface area (Å²) in [6.07, 6.45) is 2.67. The quantitative estimate of drug-likeness (QED) is 0.901. The van der Waals surface area contributed by atoms with E-state index in [0.29, 0.717) is 0 Å². The maximum Gasteiger partial charge on any atom is 0.239 e. The summed E-state index contributed by atoms with van der Waals surface area (Å²) in [6, 6.07) is 7.67. The monoisotopic (exact) mass is 303 g/mol. The Balaban J connectivity index is 1.98. The average Bonchev–Trinajstić information content (AvgIpc) is 2.94. The van der Waals surface area contributed by atoms with Gasteiger partial charge in [0.15, 0.2) is 0 Å². The number of likely N-dealkylation sites (N-methyl/N-ethyl adjacent to an activating group) is 1. The van der Waals surface area contributed by atoms with Crippen LogP contribution in [0, 0.1) is 0 Å². The first-order valence-corrected chi connectivity index (χ1v) is 7.86. The highest BCUT2D eigenvalue weighted by Gasteiger charge is 2.32. The van der Waals surface area contributed by atoms with Crippen molar-refractivity contribution >= 4 is 17.5 Å². The molecular weight excluding hydrogens is 278 g/mol. The summed E-state index contributed by atoms with van der Waals surface area (Å²) in [4.78, 5) is 28.0. The number of likely N-dealkylation sites (tertiary alicyclic amines) is 1. The van der Waals surface area contributed by atoms with Gasteiger partial charge >= 0.3 is 0 Å². The van der Waals surface area contributed by atoms with Crippen molar-refractivity contribution in [1.29, 1.82) is 0 Å². The molecule has 2 rings (SSSR count). The maximum absolute atomic E-state index is 12.3. The van der Waals surface area contributed by atoms with Gasteiger partial charge < -0.3 is 10.2 Å². The minimum atomic E-state index is -0.165. The molecule has 0 spiro atoms. The zero-order valence-corrected chi connectivity index (χ0v) is 13.6. The van der Waals surface area contributed by atoms with Gasteiger partial charge in [0.25, 0.3) is 0 Å². The van der Waals surface area contributed by atoms with E-state index >= 15 is 0 Å². The Morgan fingerprint density at radius 1 is 1.32 bits per heavy atom. The second-order valence-corrected chi connectivity index (χ2v) is 5.92. The number of para-hydroxylation sites is 1. The Labute approximate surface area is 132 Å². The van der Waals surface area contributed by atoms with Gasteiger partial charge in [0.05, 0.1) is 12.6 Å². The molecule has 1 atom stereocenters. The van der Waals surface area contributed by atoms with Crippen LogP contribution in [0.1, 0.15) is 25.3 Å². The van der Waals surface area contributed by atoms with Crippen LogP contribution >= 0.6 is 0 Å². The van der Waals surface area contributed by atoms with Crippen LogP contribution in [0.5, 0.6) is 0 Å². The molecule has 0 bridgehead atoms. The summed E-state index contributed by atoms with van der Waals surface area (Å²) in [6.45, 7) is 3.13. The molecule has 0 saturated carbocycles. The largest absolute Gasteiger partial charge is 0.347 e. The molecule has 0 radical (unpaired) electrons. The fourth-order valence-corrected chi connectivity index (χ4v) is 2.92. The molecule has 1 aliphatic rings. The summed E-state index contributed by atoms with van der Waals surface area (Å²) in [7, 11) is 3.52. The third kappa shape index (κ3) is 3.85. The molecule has 0 aromatic heterocycles. The van der Waals surface area contributed by atoms with Crippen LogP contribution < -0.4 is 5.32 Å². The van der Waals surface area contributed by atoms with Gasteiger partial charge in [-0.25, -0.2) is 0 Å². The molecule has 0 aliphatic carbocycles. The SMILES string of the molecule is CCc1ccccc1NC(=O)CN1CCCC1C(=O)N(C)C. The van der Waals surface area contributed by atoms with E-state index in [1.54, 1.807) is 19.0 Å². The molecule has 1 saturated heterocycles. The Kier molecular flexibility index (Phi) is 5.55. The zero-order chi connectivity index (χ0) is 16.1. The molecule has 22 heavy (non-hydrogen) atoms. The second-order valence-electron chi connectivity index (χ2n) is 5.92. The van der Waals surface area contributed by atoms with Crippen LogP contribution in [0.4, 0.5) is 5.69 Å². The predicted octanol–water partition coefficient (Wildman–Crippen LogP) is 1.74. The third-order valence-corrected chi connectivity index (χ3v) is 4.11. The first kappa shape index (κ1) is 16.5. The van der Waals surface area contributed by atoms with Gasteiger partial charge in [0, 0.05) is 19.8 Å². The van der Waals surface area contributed by atoms with Crippen molar-refractivity contribution in [1.82, 2.24) is 9.80 Å². The number of benzene rings is 1. The van der Waals surface area contributed by atoms with E-state index in [1.165, 1.54) is 0 Å². The van der Waals surface area contributed by atoms with Gasteiger partial charge in [-0.3, -0.25) is 14.5 Å². The molecule has 1 fully saturated rings. The van der Waals surface area contributed by atoms with Crippen molar-refractivity contribution in [2.45, 2.75) is 32.2 Å². The van der Waals surface area contributed by atoms with Crippen molar-refractivity contribution in [2.75, 3.05) is 32.5 Å². The van der Waals surface area contributed by atoms with Gasteiger partial charge in [-0.1, -0.05) is 25.1 Å². The maximum atomic E-state index is 12.3. The van der Waals surface area contributed by atoms with E-state index < -0.39 is 0 Å². The third-order valence-electron chi connectivity index (χ3n) is 4.11. The molecule has 1 unspecified atom stereocenters. The molecule has 120 valence electrons. The first-order valence-electron chi connectivity index (χ1n) is 7.86. The van der Waals surface area contributed by atoms with Crippen LogP contribution in [0.3, 0.4) is 0 Å². The minimum Gasteiger partial charge on any atom is -0.347 e. The van der Waals surface area contributed by atoms with Crippen LogP contribution in [-0.4, -0.2) is 54.8 Å². The molecule has 1 N–H and O–H groups in total. The van der Waals surface area contributed by atoms with E-state index in [0.717, 1.165) is 37.1 Å². The highest BCUT2D eigenvalue weighted by Crippen LogP contribution is 2.19. The lowest BCUT2D eigenvalue weighted by Gasteiger charge is -2.25. The lowest BCUT2D eigenvalue weighted by molar-refractivity contribution is -0.133. The fourth-order valence-electron chi connectivity index (χ4n) is 2.92. The minimum absolute atomic E-state index is 0.0562. The molecule has 5 nitrogen and oxygen atoms in total. The average molecular weight is 303 g/mol. The highest BCUT2D eigenvalue weighted by atomic mass is 16.2. The van der Waals surface area contributed by atoms with E-state index in [9.17, 15) is 9.59 Å². The van der Waals surface area contributed by atoms with Crippen LogP contribution in [0.25, 0.3) is 0 Å². The van der Waals surface area contributed by atoms with Crippen molar-refractivity contribution in [3.05, 3.63) is 29.8 Å². The molecular formula is C17H25N3O2. The van der Waals surface area contributed by atoms with E-state index in [-0.39, 0.29) is 24.4 Å². The van der Waals surface area contributed by atoms with E-state index in [1.807, 2.05) is 29.2 Å². The number of amides is 2. The Bertz CT molecular complexity index is 542. The summed E-state index contributed by atoms with van der Waals surface area (Å²) >= 11 is 0. The lowest BCUT2D eigenvalue weighted by Crippen LogP contribution is -2.45. The molecule has 5 heteroatoms. The number of nitrogens with zero attached hydrogens (tertiary/aromatic N) is 2. The van der Waals surface area contributed by atoms with Crippen molar-refractivity contribution in [2.24, 2.45) is 0 Å². The fraction of sp³-hybridized carbons (Fsp3) is 0.529. The number of nitrogens with one attached hydrogen (secondary N) is 1. The molecule has 2 amide bonds. The molecule has 1 aromatic rings. The van der Waals surface area contributed by atoms with Crippen LogP contribution in [0.2, 0.25) is 0 Å². The van der Waals surface area contributed by atoms with Crippen molar-refractivity contribution in [3.8, 4) is 0 Å². The zero-order valence-electron chi connectivity index (χ0n) is 13.6. The standard InChI is InChI=1S/C17H25N3O2/c1-4-13-8-5-6-9-14(13)18-16(21)12-20-11-7-10-15(20)17(22)19(2)3/h5-6,8-9,15H,4,7,10-12H2,1-3H3,(H,18,21). The van der Waals surface area contributed by atoms with Crippen molar-refractivity contribution < 1.29 is 9.59 Å². The Hall–Kier alpha value is -1.88. The summed E-state index contributed by atoms with van der Waals surface area (Å²) in [5.41, 5.74) is 1.99. The van der Waals surface area contributed by atoms with Gasteiger partial charge in [-0.2, -0.15) is 0 Å². The van der Waals surface area contributed by atoms with E-state index in [2.05, 4.69) is 12.2 Å². The second kappa shape index (κ2) is 7.40. The number of carbonyl (C=O) groups excluding carboxylic acids is 2. The Morgan fingerprint density at radius 3 is 2.73 bits per heavy atom.